The summed E-state index contributed by atoms with van der Waals surface area (Å²) < 4.78 is 11.2. The number of carboxylic acid groups (broad SMARTS) is 2. The van der Waals surface area contributed by atoms with Gasteiger partial charge in [0.05, 0.1) is 24.0 Å². The first-order valence-corrected chi connectivity index (χ1v) is 22.9. The highest BCUT2D eigenvalue weighted by atomic mass is 16.7. The first-order chi connectivity index (χ1) is 26.0. The summed E-state index contributed by atoms with van der Waals surface area (Å²) in [7, 11) is 3.94. The third kappa shape index (κ3) is 26.1. The lowest BCUT2D eigenvalue weighted by molar-refractivity contribution is -0.154. The number of hydrogen-bond acceptors (Lipinski definition) is 6. The van der Waals surface area contributed by atoms with E-state index < -0.39 is 34.8 Å². The van der Waals surface area contributed by atoms with Crippen LogP contribution in [0.25, 0.3) is 0 Å². The molecule has 0 radical (unpaired) electrons. The van der Waals surface area contributed by atoms with Crippen molar-refractivity contribution in [3.63, 3.8) is 0 Å². The molecule has 2 atom stereocenters. The van der Waals surface area contributed by atoms with Gasteiger partial charge < -0.3 is 24.6 Å². The van der Waals surface area contributed by atoms with E-state index in [1.807, 2.05) is 19.0 Å². The predicted molar refractivity (Wildman–Crippen MR) is 225 cm³/mol. The lowest BCUT2D eigenvalue weighted by Gasteiger charge is -2.38. The van der Waals surface area contributed by atoms with Gasteiger partial charge in [-0.2, -0.15) is 0 Å². The van der Waals surface area contributed by atoms with Crippen molar-refractivity contribution in [3.05, 3.63) is 0 Å². The van der Waals surface area contributed by atoms with Gasteiger partial charge in [-0.15, -0.1) is 0 Å². The molecule has 0 rings (SSSR count). The molecule has 0 saturated carbocycles. The van der Waals surface area contributed by atoms with Crippen LogP contribution >= 0.6 is 0 Å². The second-order valence-corrected chi connectivity index (χ2v) is 17.1. The Balaban J connectivity index is 6.47. The van der Waals surface area contributed by atoms with E-state index in [0.717, 1.165) is 109 Å². The minimum Gasteiger partial charge on any atom is -0.481 e. The monoisotopic (exact) mass is 768 g/mol. The fraction of sp³-hybridized carbons (Fsp3) is 0.935. The van der Waals surface area contributed by atoms with Gasteiger partial charge in [0, 0.05) is 6.54 Å². The molecule has 2 N–H and O–H groups in total. The summed E-state index contributed by atoms with van der Waals surface area (Å²) in [5.74, 6) is -1.97. The van der Waals surface area contributed by atoms with Crippen LogP contribution in [0, 0.1) is 16.7 Å². The second-order valence-electron chi connectivity index (χ2n) is 17.1. The number of ether oxygens (including phenoxy) is 2. The molecule has 0 aromatic heterocycles. The van der Waals surface area contributed by atoms with Crippen LogP contribution in [-0.2, 0) is 19.1 Å². The largest absolute Gasteiger partial charge is 0.508 e. The van der Waals surface area contributed by atoms with E-state index in [1.165, 1.54) is 51.4 Å². The molecule has 0 aliphatic heterocycles. The molecule has 8 heteroatoms. The van der Waals surface area contributed by atoms with Crippen molar-refractivity contribution in [3.8, 4) is 0 Å². The number of hydrogen-bond donors (Lipinski definition) is 2. The molecule has 8 nitrogen and oxygen atoms in total. The average molecular weight is 768 g/mol. The van der Waals surface area contributed by atoms with Crippen molar-refractivity contribution in [1.29, 1.82) is 0 Å². The van der Waals surface area contributed by atoms with Gasteiger partial charge in [0.25, 0.3) is 0 Å². The highest BCUT2D eigenvalue weighted by Gasteiger charge is 2.45. The van der Waals surface area contributed by atoms with Gasteiger partial charge in [0.1, 0.15) is 0 Å². The maximum absolute atomic E-state index is 13.5. The van der Waals surface area contributed by atoms with Crippen molar-refractivity contribution >= 4 is 18.1 Å². The number of carbonyl (C=O) groups is 3. The maximum atomic E-state index is 13.5. The van der Waals surface area contributed by atoms with Crippen molar-refractivity contribution in [2.45, 2.75) is 227 Å². The third-order valence-electron chi connectivity index (χ3n) is 11.7. The molecule has 0 aliphatic rings. The molecule has 320 valence electrons. The van der Waals surface area contributed by atoms with Crippen LogP contribution in [0.3, 0.4) is 0 Å². The second kappa shape index (κ2) is 34.4. The minimum atomic E-state index is -0.982. The van der Waals surface area contributed by atoms with Crippen LogP contribution < -0.4 is 0 Å². The Hall–Kier alpha value is -1.83. The molecule has 0 heterocycles. The molecule has 0 saturated heterocycles. The quantitative estimate of drug-likeness (QED) is 0.0468. The summed E-state index contributed by atoms with van der Waals surface area (Å²) in [4.78, 5) is 41.9. The molecule has 54 heavy (non-hydrogen) atoms. The first-order valence-electron chi connectivity index (χ1n) is 22.9. The number of unbranched alkanes of at least 4 members (excludes halogenated alkanes) is 20. The van der Waals surface area contributed by atoms with Gasteiger partial charge in [-0.3, -0.25) is 9.59 Å². The van der Waals surface area contributed by atoms with E-state index in [2.05, 4.69) is 27.7 Å². The first kappa shape index (κ1) is 52.2. The normalized spacial score (nSPS) is 14.4. The lowest BCUT2D eigenvalue weighted by Crippen LogP contribution is -2.39. The molecule has 2 unspecified atom stereocenters. The standard InChI is InChI=1S/C46H89NO7/c1-7-11-15-19-21-25-29-34-45(42(48)49,32-27-23-17-13-9-3)38-41(40-54-44(52)53-37-31-36-47(5)6)39-46(43(50)51,33-28-24-18-14-10-4)35-30-26-22-20-16-12-8-2/h41H,7-40H2,1-6H3,(H,48,49)(H,50,51). The fourth-order valence-corrected chi connectivity index (χ4v) is 8.29. The summed E-state index contributed by atoms with van der Waals surface area (Å²) in [5, 5.41) is 22.1. The third-order valence-corrected chi connectivity index (χ3v) is 11.7. The van der Waals surface area contributed by atoms with E-state index in [9.17, 15) is 24.6 Å². The molecule has 0 aliphatic carbocycles. The highest BCUT2D eigenvalue weighted by molar-refractivity contribution is 5.75. The van der Waals surface area contributed by atoms with Gasteiger partial charge in [-0.25, -0.2) is 4.79 Å². The van der Waals surface area contributed by atoms with Crippen molar-refractivity contribution in [2.75, 3.05) is 33.9 Å². The smallest absolute Gasteiger partial charge is 0.481 e. The van der Waals surface area contributed by atoms with Crippen LogP contribution in [0.1, 0.15) is 227 Å². The van der Waals surface area contributed by atoms with E-state index in [0.29, 0.717) is 44.9 Å². The predicted octanol–water partition coefficient (Wildman–Crippen LogP) is 13.6. The number of rotatable bonds is 40. The molecule has 0 bridgehead atoms. The molecular formula is C46H89NO7. The Bertz CT molecular complexity index is 855. The topological polar surface area (TPSA) is 113 Å². The number of carboxylic acids is 2. The Morgan fingerprint density at radius 1 is 0.481 bits per heavy atom. The molecule has 0 amide bonds. The Kier molecular flexibility index (Phi) is 33.3. The lowest BCUT2D eigenvalue weighted by atomic mass is 9.66. The summed E-state index contributed by atoms with van der Waals surface area (Å²) >= 11 is 0. The van der Waals surface area contributed by atoms with E-state index >= 15 is 0 Å². The molecular weight excluding hydrogens is 679 g/mol. The molecule has 0 aromatic carbocycles. The van der Waals surface area contributed by atoms with Crippen molar-refractivity contribution in [2.24, 2.45) is 16.7 Å². The molecule has 0 fully saturated rings. The van der Waals surface area contributed by atoms with Gasteiger partial charge in [-0.05, 0) is 65.0 Å². The van der Waals surface area contributed by atoms with E-state index in [4.69, 9.17) is 9.47 Å². The Labute approximate surface area is 333 Å². The number of nitrogens with zero attached hydrogens (tertiary/aromatic N) is 1. The summed E-state index contributed by atoms with van der Waals surface area (Å²) in [5.41, 5.74) is -1.96. The maximum Gasteiger partial charge on any atom is 0.508 e. The van der Waals surface area contributed by atoms with E-state index in [1.54, 1.807) is 0 Å². The fourth-order valence-electron chi connectivity index (χ4n) is 8.29. The van der Waals surface area contributed by atoms with Crippen molar-refractivity contribution in [1.82, 2.24) is 4.90 Å². The molecule has 0 aromatic rings. The van der Waals surface area contributed by atoms with Gasteiger partial charge in [0.2, 0.25) is 0 Å². The summed E-state index contributed by atoms with van der Waals surface area (Å²) in [6.45, 7) is 9.81. The summed E-state index contributed by atoms with van der Waals surface area (Å²) in [6.07, 6.45) is 28.8. The van der Waals surface area contributed by atoms with Crippen LogP contribution in [0.2, 0.25) is 0 Å². The van der Waals surface area contributed by atoms with Gasteiger partial charge in [-0.1, -0.05) is 182 Å². The zero-order chi connectivity index (χ0) is 40.3. The Morgan fingerprint density at radius 2 is 0.796 bits per heavy atom. The van der Waals surface area contributed by atoms with Crippen LogP contribution in [0.5, 0.6) is 0 Å². The van der Waals surface area contributed by atoms with Crippen molar-refractivity contribution < 1.29 is 34.1 Å². The SMILES string of the molecule is CCCCCCCCCC(CCCCCCC)(CC(COC(=O)OCCCN(C)C)CC(CCCCCCC)(CCCCCCCCC)C(=O)O)C(=O)O. The zero-order valence-electron chi connectivity index (χ0n) is 36.5. The van der Waals surface area contributed by atoms with Crippen LogP contribution in [0.4, 0.5) is 4.79 Å². The highest BCUT2D eigenvalue weighted by Crippen LogP contribution is 2.45. The van der Waals surface area contributed by atoms with Crippen LogP contribution in [0.15, 0.2) is 0 Å². The molecule has 0 spiro atoms. The minimum absolute atomic E-state index is 0.0176. The van der Waals surface area contributed by atoms with E-state index in [-0.39, 0.29) is 13.2 Å². The van der Waals surface area contributed by atoms with Gasteiger partial charge >= 0.3 is 18.1 Å². The number of carbonyl (C=O) groups excluding carboxylic acids is 1. The zero-order valence-corrected chi connectivity index (χ0v) is 36.5. The average Bonchev–Trinajstić information content (AvgIpc) is 3.13. The van der Waals surface area contributed by atoms with Crippen LogP contribution in [-0.4, -0.2) is 67.1 Å². The van der Waals surface area contributed by atoms with Gasteiger partial charge in [0.15, 0.2) is 0 Å². The Morgan fingerprint density at radius 3 is 1.09 bits per heavy atom. The number of aliphatic carboxylic acids is 2. The summed E-state index contributed by atoms with van der Waals surface area (Å²) in [6, 6.07) is 0.